The van der Waals surface area contributed by atoms with E-state index in [-0.39, 0.29) is 11.7 Å². The Morgan fingerprint density at radius 1 is 0.828 bits per heavy atom. The second kappa shape index (κ2) is 7.72. The topological polar surface area (TPSA) is 59.8 Å². The molecule has 1 heterocycles. The van der Waals surface area contributed by atoms with E-state index in [0.717, 1.165) is 33.6 Å². The third-order valence-corrected chi connectivity index (χ3v) is 5.04. The number of nitrogens with zero attached hydrogens (tertiary/aromatic N) is 3. The molecule has 0 bridgehead atoms. The number of hydrogen-bond acceptors (Lipinski definition) is 3. The van der Waals surface area contributed by atoms with Crippen molar-refractivity contribution in [1.29, 1.82) is 0 Å². The number of hydrogen-bond donors (Lipinski definition) is 1. The number of carbonyl (C=O) groups excluding carboxylic acids is 1. The molecular weight excluding hydrogens is 360 g/mol. The van der Waals surface area contributed by atoms with Crippen LogP contribution in [-0.2, 0) is 0 Å². The molecule has 5 heteroatoms. The summed E-state index contributed by atoms with van der Waals surface area (Å²) >= 11 is 0. The maximum absolute atomic E-state index is 12.9. The fourth-order valence-electron chi connectivity index (χ4n) is 3.21. The number of benzene rings is 3. The zero-order valence-corrected chi connectivity index (χ0v) is 16.7. The van der Waals surface area contributed by atoms with Gasteiger partial charge in [-0.2, -0.15) is 0 Å². The van der Waals surface area contributed by atoms with Crippen LogP contribution < -0.4 is 5.32 Å². The van der Waals surface area contributed by atoms with E-state index in [4.69, 9.17) is 0 Å². The van der Waals surface area contributed by atoms with Gasteiger partial charge < -0.3 is 5.32 Å². The van der Waals surface area contributed by atoms with Crippen molar-refractivity contribution in [3.8, 4) is 17.1 Å². The number of aryl methyl sites for hydroxylation is 2. The van der Waals surface area contributed by atoms with Crippen LogP contribution in [0.1, 0.15) is 27.3 Å². The number of anilines is 1. The summed E-state index contributed by atoms with van der Waals surface area (Å²) in [7, 11) is 0. The van der Waals surface area contributed by atoms with E-state index >= 15 is 0 Å². The van der Waals surface area contributed by atoms with Crippen LogP contribution in [0.15, 0.2) is 72.8 Å². The molecule has 0 atom stereocenters. The molecule has 0 aliphatic carbocycles. The fourth-order valence-corrected chi connectivity index (χ4v) is 3.21. The molecule has 4 aromatic rings. The molecule has 1 amide bonds. The van der Waals surface area contributed by atoms with Gasteiger partial charge in [0.25, 0.3) is 5.91 Å². The van der Waals surface area contributed by atoms with Crippen molar-refractivity contribution in [2.75, 3.05) is 5.32 Å². The SMILES string of the molecule is Cc1ccccc1NC(=O)c1nc(-c2ccccc2)n(-c2cccc(C)c2C)n1. The molecule has 1 aromatic heterocycles. The zero-order valence-electron chi connectivity index (χ0n) is 16.7. The van der Waals surface area contributed by atoms with Gasteiger partial charge in [0.05, 0.1) is 5.69 Å². The van der Waals surface area contributed by atoms with Crippen LogP contribution in [0.25, 0.3) is 17.1 Å². The maximum Gasteiger partial charge on any atom is 0.295 e. The van der Waals surface area contributed by atoms with E-state index < -0.39 is 0 Å². The molecule has 0 fully saturated rings. The van der Waals surface area contributed by atoms with Crippen LogP contribution in [0, 0.1) is 20.8 Å². The first-order valence-corrected chi connectivity index (χ1v) is 9.50. The van der Waals surface area contributed by atoms with Gasteiger partial charge >= 0.3 is 0 Å². The van der Waals surface area contributed by atoms with E-state index in [9.17, 15) is 4.79 Å². The first-order valence-electron chi connectivity index (χ1n) is 9.50. The minimum Gasteiger partial charge on any atom is -0.319 e. The minimum atomic E-state index is -0.333. The Labute approximate surface area is 170 Å². The van der Waals surface area contributed by atoms with Gasteiger partial charge in [-0.1, -0.05) is 60.7 Å². The monoisotopic (exact) mass is 382 g/mol. The van der Waals surface area contributed by atoms with Crippen LogP contribution in [0.3, 0.4) is 0 Å². The Bertz CT molecular complexity index is 1180. The van der Waals surface area contributed by atoms with E-state index in [1.165, 1.54) is 0 Å². The van der Waals surface area contributed by atoms with E-state index in [1.54, 1.807) is 4.68 Å². The molecule has 0 spiro atoms. The molecule has 3 aromatic carbocycles. The molecule has 0 saturated carbocycles. The summed E-state index contributed by atoms with van der Waals surface area (Å²) in [5, 5.41) is 7.50. The highest BCUT2D eigenvalue weighted by molar-refractivity contribution is 6.02. The number of amides is 1. The number of rotatable bonds is 4. The summed E-state index contributed by atoms with van der Waals surface area (Å²) in [5.41, 5.74) is 5.80. The van der Waals surface area contributed by atoms with Gasteiger partial charge in [0.2, 0.25) is 5.82 Å². The number of nitrogens with one attached hydrogen (secondary N) is 1. The third-order valence-electron chi connectivity index (χ3n) is 5.04. The molecule has 0 aliphatic heterocycles. The van der Waals surface area contributed by atoms with Crippen molar-refractivity contribution in [3.05, 3.63) is 95.3 Å². The lowest BCUT2D eigenvalue weighted by Crippen LogP contribution is -2.15. The Morgan fingerprint density at radius 2 is 1.52 bits per heavy atom. The summed E-state index contributed by atoms with van der Waals surface area (Å²) < 4.78 is 1.75. The lowest BCUT2D eigenvalue weighted by atomic mass is 10.1. The highest BCUT2D eigenvalue weighted by Crippen LogP contribution is 2.25. The number of para-hydroxylation sites is 1. The first kappa shape index (κ1) is 18.6. The molecule has 4 rings (SSSR count). The molecule has 29 heavy (non-hydrogen) atoms. The van der Waals surface area contributed by atoms with Crippen molar-refractivity contribution >= 4 is 11.6 Å². The molecule has 5 nitrogen and oxygen atoms in total. The second-order valence-corrected chi connectivity index (χ2v) is 7.02. The van der Waals surface area contributed by atoms with Crippen molar-refractivity contribution in [2.24, 2.45) is 0 Å². The highest BCUT2D eigenvalue weighted by atomic mass is 16.2. The average molecular weight is 382 g/mol. The van der Waals surface area contributed by atoms with Gasteiger partial charge in [0.15, 0.2) is 5.82 Å². The smallest absolute Gasteiger partial charge is 0.295 e. The molecular formula is C24H22N4O. The van der Waals surface area contributed by atoms with Crippen LogP contribution >= 0.6 is 0 Å². The normalized spacial score (nSPS) is 10.7. The van der Waals surface area contributed by atoms with Crippen molar-refractivity contribution in [2.45, 2.75) is 20.8 Å². The molecule has 0 unspecified atom stereocenters. The highest BCUT2D eigenvalue weighted by Gasteiger charge is 2.20. The molecule has 1 N–H and O–H groups in total. The van der Waals surface area contributed by atoms with Crippen molar-refractivity contribution in [3.63, 3.8) is 0 Å². The van der Waals surface area contributed by atoms with Gasteiger partial charge in [-0.15, -0.1) is 5.10 Å². The van der Waals surface area contributed by atoms with E-state index in [0.29, 0.717) is 5.82 Å². The Morgan fingerprint density at radius 3 is 2.28 bits per heavy atom. The van der Waals surface area contributed by atoms with Crippen LogP contribution in [-0.4, -0.2) is 20.7 Å². The van der Waals surface area contributed by atoms with Gasteiger partial charge in [0.1, 0.15) is 0 Å². The van der Waals surface area contributed by atoms with E-state index in [1.807, 2.05) is 80.6 Å². The summed E-state index contributed by atoms with van der Waals surface area (Å²) in [6.45, 7) is 6.06. The Hall–Kier alpha value is -3.73. The lowest BCUT2D eigenvalue weighted by Gasteiger charge is -2.10. The minimum absolute atomic E-state index is 0.132. The van der Waals surface area contributed by atoms with Gasteiger partial charge in [-0.3, -0.25) is 4.79 Å². The Kier molecular flexibility index (Phi) is 4.96. The lowest BCUT2D eigenvalue weighted by molar-refractivity contribution is 0.101. The molecule has 0 radical (unpaired) electrons. The zero-order chi connectivity index (χ0) is 20.4. The standard InChI is InChI=1S/C24H22N4O/c1-16-11-9-15-21(18(16)3)28-23(19-12-5-4-6-13-19)26-22(27-28)24(29)25-20-14-8-7-10-17(20)2/h4-15H,1-3H3,(H,25,29). The maximum atomic E-state index is 12.9. The fraction of sp³-hybridized carbons (Fsp3) is 0.125. The van der Waals surface area contributed by atoms with Gasteiger partial charge in [-0.05, 0) is 49.6 Å². The average Bonchev–Trinajstić information content (AvgIpc) is 3.18. The summed E-state index contributed by atoms with van der Waals surface area (Å²) in [4.78, 5) is 17.5. The summed E-state index contributed by atoms with van der Waals surface area (Å²) in [6, 6.07) is 23.5. The van der Waals surface area contributed by atoms with Crippen LogP contribution in [0.5, 0.6) is 0 Å². The van der Waals surface area contributed by atoms with Crippen LogP contribution in [0.4, 0.5) is 5.69 Å². The summed E-state index contributed by atoms with van der Waals surface area (Å²) in [6.07, 6.45) is 0. The summed E-state index contributed by atoms with van der Waals surface area (Å²) in [5.74, 6) is 0.433. The Balaban J connectivity index is 1.81. The largest absolute Gasteiger partial charge is 0.319 e. The van der Waals surface area contributed by atoms with Gasteiger partial charge in [0, 0.05) is 11.3 Å². The van der Waals surface area contributed by atoms with Crippen LogP contribution in [0.2, 0.25) is 0 Å². The van der Waals surface area contributed by atoms with E-state index in [2.05, 4.69) is 28.4 Å². The third kappa shape index (κ3) is 3.67. The predicted molar refractivity (Wildman–Crippen MR) is 115 cm³/mol. The number of carbonyl (C=O) groups is 1. The first-order chi connectivity index (χ1) is 14.0. The molecule has 0 saturated heterocycles. The van der Waals surface area contributed by atoms with Crippen molar-refractivity contribution in [1.82, 2.24) is 14.8 Å². The molecule has 144 valence electrons. The van der Waals surface area contributed by atoms with Gasteiger partial charge in [-0.25, -0.2) is 9.67 Å². The quantitative estimate of drug-likeness (QED) is 0.533. The number of aromatic nitrogens is 3. The predicted octanol–water partition coefficient (Wildman–Crippen LogP) is 5.11. The second-order valence-electron chi connectivity index (χ2n) is 7.02. The molecule has 0 aliphatic rings. The van der Waals surface area contributed by atoms with Crippen molar-refractivity contribution < 1.29 is 4.79 Å².